The van der Waals surface area contributed by atoms with Crippen LogP contribution in [0.25, 0.3) is 0 Å². The Morgan fingerprint density at radius 3 is 2.43 bits per heavy atom. The van der Waals surface area contributed by atoms with Crippen LogP contribution in [0, 0.1) is 5.92 Å². The molecule has 2 N–H and O–H groups in total. The van der Waals surface area contributed by atoms with Crippen molar-refractivity contribution in [3.63, 3.8) is 0 Å². The van der Waals surface area contributed by atoms with Crippen molar-refractivity contribution >= 4 is 37.8 Å². The monoisotopic (exact) mass is 412 g/mol. The van der Waals surface area contributed by atoms with E-state index in [0.717, 1.165) is 6.42 Å². The van der Waals surface area contributed by atoms with Crippen LogP contribution >= 0.6 is 15.9 Å². The molecule has 0 radical (unpaired) electrons. The number of nitrogens with one attached hydrogen (secondary N) is 1. The zero-order chi connectivity index (χ0) is 17.5. The summed E-state index contributed by atoms with van der Waals surface area (Å²) in [4.78, 5) is 24.7. The molecule has 1 rings (SSSR count). The quantitative estimate of drug-likeness (QED) is 0.553. The highest BCUT2D eigenvalue weighted by atomic mass is 79.9. The van der Waals surface area contributed by atoms with Gasteiger partial charge in [0.15, 0.2) is 0 Å². The highest BCUT2D eigenvalue weighted by Gasteiger charge is 2.29. The molecule has 0 aromatic heterocycles. The first-order valence-electron chi connectivity index (χ1n) is 7.85. The number of unbranched alkanes of at least 4 members (excludes halogenated alkanes) is 1. The SMILES string of the molecule is CCCCS(=O)(=O)NC(CC1CCN(C(=O)CBr)CC1)C(=O)O. The molecule has 0 bridgehead atoms. The van der Waals surface area contributed by atoms with Gasteiger partial charge in [-0.25, -0.2) is 13.1 Å². The minimum Gasteiger partial charge on any atom is -0.480 e. The third-order valence-corrected chi connectivity index (χ3v) is 5.99. The van der Waals surface area contributed by atoms with E-state index in [9.17, 15) is 23.1 Å². The van der Waals surface area contributed by atoms with Crippen LogP contribution in [0.2, 0.25) is 0 Å². The maximum atomic E-state index is 11.9. The maximum Gasteiger partial charge on any atom is 0.321 e. The molecule has 1 saturated heterocycles. The first-order valence-corrected chi connectivity index (χ1v) is 10.6. The Morgan fingerprint density at radius 2 is 1.96 bits per heavy atom. The van der Waals surface area contributed by atoms with Crippen molar-refractivity contribution in [1.82, 2.24) is 9.62 Å². The summed E-state index contributed by atoms with van der Waals surface area (Å²) in [6.45, 7) is 3.06. The lowest BCUT2D eigenvalue weighted by Gasteiger charge is -2.32. The molecular formula is C14H25BrN2O5S. The number of alkyl halides is 1. The summed E-state index contributed by atoms with van der Waals surface area (Å²) >= 11 is 3.13. The predicted octanol–water partition coefficient (Wildman–Crippen LogP) is 1.18. The van der Waals surface area contributed by atoms with Crippen molar-refractivity contribution in [1.29, 1.82) is 0 Å². The van der Waals surface area contributed by atoms with Gasteiger partial charge in [-0.3, -0.25) is 9.59 Å². The normalized spacial score (nSPS) is 17.9. The van der Waals surface area contributed by atoms with Gasteiger partial charge in [-0.05, 0) is 31.6 Å². The summed E-state index contributed by atoms with van der Waals surface area (Å²) in [7, 11) is -3.57. The Morgan fingerprint density at radius 1 is 1.35 bits per heavy atom. The average Bonchev–Trinajstić information content (AvgIpc) is 2.52. The Balaban J connectivity index is 2.55. The lowest BCUT2D eigenvalue weighted by Crippen LogP contribution is -2.45. The molecule has 0 spiro atoms. The maximum absolute atomic E-state index is 11.9. The number of piperidine rings is 1. The van der Waals surface area contributed by atoms with E-state index in [1.54, 1.807) is 4.90 Å². The van der Waals surface area contributed by atoms with Crippen molar-refractivity contribution in [2.75, 3.05) is 24.2 Å². The van der Waals surface area contributed by atoms with Crippen molar-refractivity contribution in [2.45, 2.75) is 45.1 Å². The summed E-state index contributed by atoms with van der Waals surface area (Å²) in [5.41, 5.74) is 0. The number of sulfonamides is 1. The van der Waals surface area contributed by atoms with Gasteiger partial charge in [-0.1, -0.05) is 29.3 Å². The summed E-state index contributed by atoms with van der Waals surface area (Å²) in [5, 5.41) is 9.56. The molecule has 1 aliphatic heterocycles. The van der Waals surface area contributed by atoms with Crippen molar-refractivity contribution < 1.29 is 23.1 Å². The predicted molar refractivity (Wildman–Crippen MR) is 91.0 cm³/mol. The number of carboxylic acid groups (broad SMARTS) is 1. The van der Waals surface area contributed by atoms with E-state index in [-0.39, 0.29) is 29.3 Å². The Hall–Kier alpha value is -0.670. The van der Waals surface area contributed by atoms with Crippen LogP contribution in [0.15, 0.2) is 0 Å². The van der Waals surface area contributed by atoms with Gasteiger partial charge in [-0.15, -0.1) is 0 Å². The molecule has 0 aliphatic carbocycles. The Labute approximate surface area is 146 Å². The lowest BCUT2D eigenvalue weighted by atomic mass is 9.90. The molecule has 1 heterocycles. The van der Waals surface area contributed by atoms with Gasteiger partial charge in [-0.2, -0.15) is 0 Å². The minimum atomic E-state index is -3.57. The summed E-state index contributed by atoms with van der Waals surface area (Å²) in [6, 6.07) is -1.10. The van der Waals surface area contributed by atoms with Gasteiger partial charge < -0.3 is 10.0 Å². The van der Waals surface area contributed by atoms with Crippen molar-refractivity contribution in [3.8, 4) is 0 Å². The van der Waals surface area contributed by atoms with E-state index in [2.05, 4.69) is 20.7 Å². The summed E-state index contributed by atoms with van der Waals surface area (Å²) in [6.07, 6.45) is 2.89. The standard InChI is InChI=1S/C14H25BrN2O5S/c1-2-3-8-23(21,22)16-12(14(19)20)9-11-4-6-17(7-5-11)13(18)10-15/h11-12,16H,2-10H2,1H3,(H,19,20). The fourth-order valence-corrected chi connectivity index (χ4v) is 4.42. The third-order valence-electron chi connectivity index (χ3n) is 4.04. The average molecular weight is 413 g/mol. The van der Waals surface area contributed by atoms with Gasteiger partial charge in [0, 0.05) is 13.1 Å². The molecule has 134 valence electrons. The van der Waals surface area contributed by atoms with Gasteiger partial charge in [0.1, 0.15) is 6.04 Å². The molecule has 0 aromatic carbocycles. The molecule has 1 fully saturated rings. The number of nitrogens with zero attached hydrogens (tertiary/aromatic N) is 1. The first kappa shape index (κ1) is 20.4. The molecule has 1 unspecified atom stereocenters. The highest BCUT2D eigenvalue weighted by molar-refractivity contribution is 9.09. The Kier molecular flexibility index (Phi) is 8.49. The zero-order valence-electron chi connectivity index (χ0n) is 13.3. The number of halogens is 1. The molecule has 9 heteroatoms. The molecule has 1 atom stereocenters. The van der Waals surface area contributed by atoms with Crippen LogP contribution in [0.1, 0.15) is 39.0 Å². The zero-order valence-corrected chi connectivity index (χ0v) is 15.7. The van der Waals surface area contributed by atoms with E-state index >= 15 is 0 Å². The van der Waals surface area contributed by atoms with Gasteiger partial charge >= 0.3 is 5.97 Å². The fourth-order valence-electron chi connectivity index (χ4n) is 2.65. The van der Waals surface area contributed by atoms with E-state index < -0.39 is 22.0 Å². The molecule has 23 heavy (non-hydrogen) atoms. The van der Waals surface area contributed by atoms with Gasteiger partial charge in [0.05, 0.1) is 11.1 Å². The molecule has 0 aromatic rings. The largest absolute Gasteiger partial charge is 0.480 e. The van der Waals surface area contributed by atoms with Crippen LogP contribution in [0.4, 0.5) is 0 Å². The van der Waals surface area contributed by atoms with Crippen LogP contribution in [-0.4, -0.2) is 60.5 Å². The lowest BCUT2D eigenvalue weighted by molar-refractivity contribution is -0.140. The van der Waals surface area contributed by atoms with E-state index in [1.165, 1.54) is 0 Å². The number of hydrogen-bond donors (Lipinski definition) is 2. The number of likely N-dealkylation sites (tertiary alicyclic amines) is 1. The third kappa shape index (κ3) is 7.17. The number of carbonyl (C=O) groups excluding carboxylic acids is 1. The molecule has 1 aliphatic rings. The second-order valence-corrected chi connectivity index (χ2v) is 8.31. The van der Waals surface area contributed by atoms with E-state index in [4.69, 9.17) is 0 Å². The van der Waals surface area contributed by atoms with Gasteiger partial charge in [0.25, 0.3) is 0 Å². The topological polar surface area (TPSA) is 104 Å². The molecule has 7 nitrogen and oxygen atoms in total. The number of amides is 1. The number of carboxylic acids is 1. The fraction of sp³-hybridized carbons (Fsp3) is 0.857. The minimum absolute atomic E-state index is 0.0264. The van der Waals surface area contributed by atoms with Crippen molar-refractivity contribution in [3.05, 3.63) is 0 Å². The Bertz CT molecular complexity index is 503. The van der Waals surface area contributed by atoms with Crippen LogP contribution < -0.4 is 4.72 Å². The smallest absolute Gasteiger partial charge is 0.321 e. The van der Waals surface area contributed by atoms with Crippen LogP contribution in [0.3, 0.4) is 0 Å². The number of rotatable bonds is 9. The molecule has 0 saturated carbocycles. The van der Waals surface area contributed by atoms with E-state index in [1.807, 2.05) is 6.92 Å². The second-order valence-electron chi connectivity index (χ2n) is 5.87. The number of carbonyl (C=O) groups is 2. The van der Waals surface area contributed by atoms with Crippen LogP contribution in [0.5, 0.6) is 0 Å². The van der Waals surface area contributed by atoms with Crippen molar-refractivity contribution in [2.24, 2.45) is 5.92 Å². The van der Waals surface area contributed by atoms with Crippen LogP contribution in [-0.2, 0) is 19.6 Å². The molecule has 1 amide bonds. The summed E-state index contributed by atoms with van der Waals surface area (Å²) < 4.78 is 26.1. The molecular weight excluding hydrogens is 388 g/mol. The van der Waals surface area contributed by atoms with E-state index in [0.29, 0.717) is 32.4 Å². The second kappa shape index (κ2) is 9.58. The first-order chi connectivity index (χ1) is 10.8. The number of aliphatic carboxylic acids is 1. The van der Waals surface area contributed by atoms with Gasteiger partial charge in [0.2, 0.25) is 15.9 Å². The highest BCUT2D eigenvalue weighted by Crippen LogP contribution is 2.22. The summed E-state index contributed by atoms with van der Waals surface area (Å²) in [5.74, 6) is -1.07. The number of hydrogen-bond acceptors (Lipinski definition) is 4.